The van der Waals surface area contributed by atoms with Crippen LogP contribution in [-0.2, 0) is 26.2 Å². The van der Waals surface area contributed by atoms with Gasteiger partial charge in [0.05, 0.1) is 10.6 Å². The summed E-state index contributed by atoms with van der Waals surface area (Å²) < 4.78 is 43.0. The van der Waals surface area contributed by atoms with Crippen molar-refractivity contribution in [1.82, 2.24) is 10.2 Å². The molecule has 2 amide bonds. The maximum absolute atomic E-state index is 14.9. The molecule has 0 radical (unpaired) electrons. The van der Waals surface area contributed by atoms with Crippen LogP contribution in [0.3, 0.4) is 0 Å². The summed E-state index contributed by atoms with van der Waals surface area (Å²) in [5.74, 6) is -1.70. The highest BCUT2D eigenvalue weighted by Crippen LogP contribution is 2.27. The van der Waals surface area contributed by atoms with Gasteiger partial charge in [-0.3, -0.25) is 13.9 Å². The maximum atomic E-state index is 14.9. The van der Waals surface area contributed by atoms with Gasteiger partial charge < -0.3 is 10.2 Å². The summed E-state index contributed by atoms with van der Waals surface area (Å²) in [4.78, 5) is 28.3. The predicted octanol–water partition coefficient (Wildman–Crippen LogP) is 4.50. The smallest absolute Gasteiger partial charge is 0.264 e. The fraction of sp³-hybridized carbons (Fsp3) is 0.310. The molecular formula is C29H32FN3O4S. The normalized spacial score (nSPS) is 14.6. The lowest BCUT2D eigenvalue weighted by Gasteiger charge is -2.32. The number of nitrogens with zero attached hydrogens (tertiary/aromatic N) is 2. The number of hydrogen-bond acceptors (Lipinski definition) is 4. The van der Waals surface area contributed by atoms with Crippen LogP contribution in [-0.4, -0.2) is 43.8 Å². The molecule has 0 aliphatic heterocycles. The number of anilines is 1. The second kappa shape index (κ2) is 12.2. The van der Waals surface area contributed by atoms with E-state index in [4.69, 9.17) is 0 Å². The predicted molar refractivity (Wildman–Crippen MR) is 144 cm³/mol. The molecule has 1 N–H and O–H groups in total. The first kappa shape index (κ1) is 27.3. The van der Waals surface area contributed by atoms with E-state index in [1.165, 1.54) is 35.2 Å². The molecule has 1 saturated carbocycles. The number of sulfonamides is 1. The van der Waals surface area contributed by atoms with E-state index >= 15 is 0 Å². The van der Waals surface area contributed by atoms with Crippen LogP contribution in [0.4, 0.5) is 10.1 Å². The highest BCUT2D eigenvalue weighted by atomic mass is 32.2. The van der Waals surface area contributed by atoms with Crippen LogP contribution in [0.25, 0.3) is 0 Å². The minimum Gasteiger partial charge on any atom is -0.352 e. The molecule has 3 aromatic carbocycles. The molecule has 0 spiro atoms. The topological polar surface area (TPSA) is 86.8 Å². The van der Waals surface area contributed by atoms with Crippen molar-refractivity contribution in [2.45, 2.75) is 56.1 Å². The van der Waals surface area contributed by atoms with Gasteiger partial charge in [0.2, 0.25) is 11.8 Å². The molecule has 3 aromatic rings. The Kier molecular flexibility index (Phi) is 8.78. The SMILES string of the molecule is C[C@@H](C(=O)NC1CCCC1)N(Cc1ccccc1)C(=O)CN(c1ccccc1F)S(=O)(=O)c1ccccc1. The van der Waals surface area contributed by atoms with Gasteiger partial charge in [-0.25, -0.2) is 12.8 Å². The molecule has 0 aromatic heterocycles. The minimum atomic E-state index is -4.30. The number of carbonyl (C=O) groups excluding carboxylic acids is 2. The van der Waals surface area contributed by atoms with Gasteiger partial charge in [0.25, 0.3) is 10.0 Å². The van der Waals surface area contributed by atoms with Crippen LogP contribution in [0.15, 0.2) is 89.8 Å². The number of amides is 2. The Labute approximate surface area is 223 Å². The third kappa shape index (κ3) is 6.39. The van der Waals surface area contributed by atoms with Crippen molar-refractivity contribution >= 4 is 27.5 Å². The molecular weight excluding hydrogens is 505 g/mol. The van der Waals surface area contributed by atoms with E-state index in [0.717, 1.165) is 41.6 Å². The summed E-state index contributed by atoms with van der Waals surface area (Å²) in [6, 6.07) is 21.4. The Balaban J connectivity index is 1.67. The maximum Gasteiger partial charge on any atom is 0.264 e. The van der Waals surface area contributed by atoms with Crippen molar-refractivity contribution in [3.05, 3.63) is 96.3 Å². The largest absolute Gasteiger partial charge is 0.352 e. The van der Waals surface area contributed by atoms with Crippen molar-refractivity contribution in [1.29, 1.82) is 0 Å². The summed E-state index contributed by atoms with van der Waals surface area (Å²) >= 11 is 0. The van der Waals surface area contributed by atoms with Crippen LogP contribution in [0.1, 0.15) is 38.2 Å². The fourth-order valence-corrected chi connectivity index (χ4v) is 6.08. The number of hydrogen-bond donors (Lipinski definition) is 1. The van der Waals surface area contributed by atoms with Crippen molar-refractivity contribution < 1.29 is 22.4 Å². The average Bonchev–Trinajstić information content (AvgIpc) is 3.44. The van der Waals surface area contributed by atoms with E-state index < -0.39 is 34.3 Å². The number of rotatable bonds is 10. The Morgan fingerprint density at radius 1 is 0.921 bits per heavy atom. The Bertz CT molecular complexity index is 1350. The molecule has 1 fully saturated rings. The molecule has 1 aliphatic rings. The molecule has 1 atom stereocenters. The van der Waals surface area contributed by atoms with Gasteiger partial charge >= 0.3 is 0 Å². The van der Waals surface area contributed by atoms with E-state index in [1.54, 1.807) is 25.1 Å². The lowest BCUT2D eigenvalue weighted by Crippen LogP contribution is -2.52. The van der Waals surface area contributed by atoms with Crippen LogP contribution >= 0.6 is 0 Å². The number of carbonyl (C=O) groups is 2. The van der Waals surface area contributed by atoms with E-state index in [-0.39, 0.29) is 29.1 Å². The summed E-state index contributed by atoms with van der Waals surface area (Å²) in [6.45, 7) is 1.05. The lowest BCUT2D eigenvalue weighted by molar-refractivity contribution is -0.139. The third-order valence-corrected chi connectivity index (χ3v) is 8.57. The van der Waals surface area contributed by atoms with Crippen molar-refractivity contribution in [2.75, 3.05) is 10.8 Å². The molecule has 0 heterocycles. The molecule has 4 rings (SSSR count). The van der Waals surface area contributed by atoms with Crippen LogP contribution in [0.5, 0.6) is 0 Å². The monoisotopic (exact) mass is 537 g/mol. The van der Waals surface area contributed by atoms with Crippen molar-refractivity contribution in [3.8, 4) is 0 Å². The molecule has 0 bridgehead atoms. The van der Waals surface area contributed by atoms with E-state index in [9.17, 15) is 22.4 Å². The zero-order valence-electron chi connectivity index (χ0n) is 21.3. The molecule has 38 heavy (non-hydrogen) atoms. The summed E-state index contributed by atoms with van der Waals surface area (Å²) in [6.07, 6.45) is 3.87. The van der Waals surface area contributed by atoms with Gasteiger partial charge in [-0.1, -0.05) is 73.5 Å². The van der Waals surface area contributed by atoms with E-state index in [2.05, 4.69) is 5.32 Å². The zero-order chi connectivity index (χ0) is 27.1. The third-order valence-electron chi connectivity index (χ3n) is 6.80. The average molecular weight is 538 g/mol. The molecule has 9 heteroatoms. The van der Waals surface area contributed by atoms with Gasteiger partial charge in [-0.05, 0) is 49.6 Å². The standard InChI is InChI=1S/C29H32FN3O4S/c1-22(29(35)31-24-14-8-9-15-24)32(20-23-12-4-2-5-13-23)28(34)21-33(27-19-11-10-18-26(27)30)38(36,37)25-16-6-3-7-17-25/h2-7,10-13,16-19,22,24H,8-9,14-15,20-21H2,1H3,(H,31,35)/t22-/m0/s1. The number of benzene rings is 3. The Morgan fingerprint density at radius 2 is 1.50 bits per heavy atom. The Hall–Kier alpha value is -3.72. The number of halogens is 1. The van der Waals surface area contributed by atoms with Crippen molar-refractivity contribution in [3.63, 3.8) is 0 Å². The Morgan fingerprint density at radius 3 is 2.13 bits per heavy atom. The highest BCUT2D eigenvalue weighted by molar-refractivity contribution is 7.92. The van der Waals surface area contributed by atoms with Crippen LogP contribution < -0.4 is 9.62 Å². The molecule has 7 nitrogen and oxygen atoms in total. The first-order valence-electron chi connectivity index (χ1n) is 12.7. The zero-order valence-corrected chi connectivity index (χ0v) is 22.1. The summed E-state index contributed by atoms with van der Waals surface area (Å²) in [7, 11) is -4.30. The molecule has 1 aliphatic carbocycles. The first-order chi connectivity index (χ1) is 18.3. The molecule has 200 valence electrons. The summed E-state index contributed by atoms with van der Waals surface area (Å²) in [5.41, 5.74) is 0.539. The number of nitrogens with one attached hydrogen (secondary N) is 1. The van der Waals surface area contributed by atoms with Crippen LogP contribution in [0, 0.1) is 5.82 Å². The minimum absolute atomic E-state index is 0.0620. The number of para-hydroxylation sites is 1. The first-order valence-corrected chi connectivity index (χ1v) is 14.2. The second-order valence-electron chi connectivity index (χ2n) is 9.45. The van der Waals surface area contributed by atoms with Gasteiger partial charge in [-0.2, -0.15) is 0 Å². The van der Waals surface area contributed by atoms with Crippen molar-refractivity contribution in [2.24, 2.45) is 0 Å². The van der Waals surface area contributed by atoms with Crippen LogP contribution in [0.2, 0.25) is 0 Å². The molecule has 0 saturated heterocycles. The summed E-state index contributed by atoms with van der Waals surface area (Å²) in [5, 5.41) is 3.03. The quantitative estimate of drug-likeness (QED) is 0.413. The van der Waals surface area contributed by atoms with E-state index in [1.807, 2.05) is 30.3 Å². The van der Waals surface area contributed by atoms with Gasteiger partial charge in [-0.15, -0.1) is 0 Å². The van der Waals surface area contributed by atoms with Gasteiger partial charge in [0.1, 0.15) is 18.4 Å². The van der Waals surface area contributed by atoms with E-state index in [0.29, 0.717) is 0 Å². The highest BCUT2D eigenvalue weighted by Gasteiger charge is 2.34. The van der Waals surface area contributed by atoms with Gasteiger partial charge in [0, 0.05) is 12.6 Å². The lowest BCUT2D eigenvalue weighted by atomic mass is 10.1. The molecule has 0 unspecified atom stereocenters. The fourth-order valence-electron chi connectivity index (χ4n) is 4.64. The van der Waals surface area contributed by atoms with Gasteiger partial charge in [0.15, 0.2) is 0 Å². The second-order valence-corrected chi connectivity index (χ2v) is 11.3.